The van der Waals surface area contributed by atoms with Gasteiger partial charge in [-0.15, -0.1) is 0 Å². The third kappa shape index (κ3) is 3.89. The van der Waals surface area contributed by atoms with E-state index in [1.807, 2.05) is 31.3 Å². The Morgan fingerprint density at radius 3 is 2.72 bits per heavy atom. The molecular formula is C20H22N6O3. The number of carbonyl (C=O) groups is 2. The molecule has 29 heavy (non-hydrogen) atoms. The number of rotatable bonds is 6. The minimum atomic E-state index is -1.08. The fraction of sp³-hybridized carbons (Fsp3) is 0.350. The SMILES string of the molecule is C[C@H](Cn1cccn1)C(=O)N1CCc2c(c(C(=O)O)nn2Cc2ccncc2)C1. The van der Waals surface area contributed by atoms with Gasteiger partial charge in [0.25, 0.3) is 0 Å². The van der Waals surface area contributed by atoms with Crippen molar-refractivity contribution >= 4 is 11.9 Å². The van der Waals surface area contributed by atoms with Crippen molar-refractivity contribution in [2.24, 2.45) is 5.92 Å². The lowest BCUT2D eigenvalue weighted by atomic mass is 10.0. The largest absolute Gasteiger partial charge is 0.476 e. The number of hydrogen-bond donors (Lipinski definition) is 1. The maximum Gasteiger partial charge on any atom is 0.356 e. The van der Waals surface area contributed by atoms with Gasteiger partial charge in [0.05, 0.1) is 19.0 Å². The highest BCUT2D eigenvalue weighted by Crippen LogP contribution is 2.25. The zero-order valence-electron chi connectivity index (χ0n) is 16.1. The molecule has 0 radical (unpaired) electrons. The van der Waals surface area contributed by atoms with Gasteiger partial charge in [-0.1, -0.05) is 6.92 Å². The molecule has 0 spiro atoms. The number of carbonyl (C=O) groups excluding carboxylic acids is 1. The standard InChI is InChI=1S/C20H22N6O3/c1-14(11-25-9-2-6-22-25)19(27)24-10-5-17-16(13-24)18(20(28)29)23-26(17)12-15-3-7-21-8-4-15/h2-4,6-9,14H,5,10-13H2,1H3,(H,28,29)/t14-/m1/s1. The molecule has 9 nitrogen and oxygen atoms in total. The van der Waals surface area contributed by atoms with Crippen molar-refractivity contribution in [1.29, 1.82) is 0 Å². The molecule has 1 N–H and O–H groups in total. The minimum Gasteiger partial charge on any atom is -0.476 e. The van der Waals surface area contributed by atoms with Crippen molar-refractivity contribution in [2.45, 2.75) is 33.0 Å². The molecule has 0 fully saturated rings. The van der Waals surface area contributed by atoms with Crippen LogP contribution in [0, 0.1) is 5.92 Å². The first kappa shape index (κ1) is 18.9. The van der Waals surface area contributed by atoms with Crippen LogP contribution in [-0.2, 0) is 30.8 Å². The summed E-state index contributed by atoms with van der Waals surface area (Å²) < 4.78 is 3.47. The van der Waals surface area contributed by atoms with Gasteiger partial charge in [-0.2, -0.15) is 10.2 Å². The normalized spacial score (nSPS) is 14.4. The van der Waals surface area contributed by atoms with E-state index in [1.54, 1.807) is 32.9 Å². The molecule has 9 heteroatoms. The summed E-state index contributed by atoms with van der Waals surface area (Å²) in [7, 11) is 0. The van der Waals surface area contributed by atoms with E-state index in [2.05, 4.69) is 15.2 Å². The Morgan fingerprint density at radius 1 is 1.24 bits per heavy atom. The van der Waals surface area contributed by atoms with Crippen molar-refractivity contribution in [3.63, 3.8) is 0 Å². The molecule has 0 aliphatic carbocycles. The van der Waals surface area contributed by atoms with Crippen LogP contribution in [0.5, 0.6) is 0 Å². The molecule has 0 saturated heterocycles. The first-order chi connectivity index (χ1) is 14.0. The van der Waals surface area contributed by atoms with E-state index in [0.717, 1.165) is 11.3 Å². The topological polar surface area (TPSA) is 106 Å². The van der Waals surface area contributed by atoms with Crippen LogP contribution < -0.4 is 0 Å². The Labute approximate surface area is 167 Å². The van der Waals surface area contributed by atoms with Crippen LogP contribution in [0.3, 0.4) is 0 Å². The second-order valence-corrected chi connectivity index (χ2v) is 7.23. The lowest BCUT2D eigenvalue weighted by molar-refractivity contribution is -0.136. The highest BCUT2D eigenvalue weighted by atomic mass is 16.4. The molecule has 0 saturated carbocycles. The minimum absolute atomic E-state index is 0.00984. The highest BCUT2D eigenvalue weighted by Gasteiger charge is 2.31. The Kier molecular flexibility index (Phi) is 5.11. The summed E-state index contributed by atoms with van der Waals surface area (Å²) in [6.07, 6.45) is 7.47. The Morgan fingerprint density at radius 2 is 2.03 bits per heavy atom. The van der Waals surface area contributed by atoms with Crippen LogP contribution in [-0.4, -0.2) is 53.0 Å². The number of nitrogens with zero attached hydrogens (tertiary/aromatic N) is 6. The first-order valence-electron chi connectivity index (χ1n) is 9.50. The predicted molar refractivity (Wildman–Crippen MR) is 103 cm³/mol. The van der Waals surface area contributed by atoms with Gasteiger partial charge in [-0.25, -0.2) is 4.79 Å². The molecule has 4 rings (SSSR count). The third-order valence-electron chi connectivity index (χ3n) is 5.17. The van der Waals surface area contributed by atoms with Gasteiger partial charge in [-0.05, 0) is 23.8 Å². The number of amides is 1. The maximum atomic E-state index is 12.9. The summed E-state index contributed by atoms with van der Waals surface area (Å²) in [4.78, 5) is 30.4. The highest BCUT2D eigenvalue weighted by molar-refractivity contribution is 5.88. The lowest BCUT2D eigenvalue weighted by Crippen LogP contribution is -2.40. The zero-order valence-corrected chi connectivity index (χ0v) is 16.1. The number of aromatic carboxylic acids is 1. The van der Waals surface area contributed by atoms with Crippen molar-refractivity contribution in [1.82, 2.24) is 29.4 Å². The van der Waals surface area contributed by atoms with Crippen LogP contribution in [0.15, 0.2) is 43.0 Å². The van der Waals surface area contributed by atoms with E-state index in [-0.39, 0.29) is 24.1 Å². The number of carboxylic acid groups (broad SMARTS) is 1. The maximum absolute atomic E-state index is 12.9. The van der Waals surface area contributed by atoms with Crippen LogP contribution in [0.2, 0.25) is 0 Å². The lowest BCUT2D eigenvalue weighted by Gasteiger charge is -2.30. The summed E-state index contributed by atoms with van der Waals surface area (Å²) in [5, 5.41) is 18.1. The van der Waals surface area contributed by atoms with Crippen molar-refractivity contribution in [3.05, 3.63) is 65.5 Å². The van der Waals surface area contributed by atoms with Gasteiger partial charge in [0.2, 0.25) is 5.91 Å². The Hall–Kier alpha value is -3.49. The van der Waals surface area contributed by atoms with Gasteiger partial charge >= 0.3 is 5.97 Å². The Balaban J connectivity index is 1.55. The van der Waals surface area contributed by atoms with Crippen molar-refractivity contribution in [3.8, 4) is 0 Å². The molecule has 1 aliphatic rings. The monoisotopic (exact) mass is 394 g/mol. The summed E-state index contributed by atoms with van der Waals surface area (Å²) in [5.74, 6) is -1.34. The average Bonchev–Trinajstić information content (AvgIpc) is 3.36. The van der Waals surface area contributed by atoms with E-state index < -0.39 is 5.97 Å². The molecule has 0 aromatic carbocycles. The molecule has 1 amide bonds. The van der Waals surface area contributed by atoms with Gasteiger partial charge in [-0.3, -0.25) is 19.1 Å². The van der Waals surface area contributed by atoms with E-state index >= 15 is 0 Å². The third-order valence-corrected chi connectivity index (χ3v) is 5.17. The van der Waals surface area contributed by atoms with Crippen LogP contribution in [0.25, 0.3) is 0 Å². The van der Waals surface area contributed by atoms with E-state index in [9.17, 15) is 14.7 Å². The van der Waals surface area contributed by atoms with E-state index in [4.69, 9.17) is 0 Å². The second kappa shape index (κ2) is 7.86. The van der Waals surface area contributed by atoms with Crippen molar-refractivity contribution < 1.29 is 14.7 Å². The van der Waals surface area contributed by atoms with Crippen LogP contribution >= 0.6 is 0 Å². The number of carboxylic acids is 1. The molecule has 1 atom stereocenters. The van der Waals surface area contributed by atoms with Gasteiger partial charge in [0, 0.05) is 55.6 Å². The first-order valence-corrected chi connectivity index (χ1v) is 9.50. The number of aromatic nitrogens is 5. The number of pyridine rings is 1. The fourth-order valence-corrected chi connectivity index (χ4v) is 3.72. The molecular weight excluding hydrogens is 372 g/mol. The molecule has 1 aliphatic heterocycles. The summed E-state index contributed by atoms with van der Waals surface area (Å²) in [6.45, 7) is 3.63. The Bertz CT molecular complexity index is 1010. The molecule has 150 valence electrons. The number of hydrogen-bond acceptors (Lipinski definition) is 5. The van der Waals surface area contributed by atoms with Crippen LogP contribution in [0.1, 0.15) is 34.2 Å². The predicted octanol–water partition coefficient (Wildman–Crippen LogP) is 1.44. The smallest absolute Gasteiger partial charge is 0.356 e. The molecule has 0 bridgehead atoms. The quantitative estimate of drug-likeness (QED) is 0.678. The van der Waals surface area contributed by atoms with Gasteiger partial charge < -0.3 is 10.0 Å². The zero-order chi connectivity index (χ0) is 20.4. The summed E-state index contributed by atoms with van der Waals surface area (Å²) >= 11 is 0. The average molecular weight is 394 g/mol. The fourth-order valence-electron chi connectivity index (χ4n) is 3.72. The van der Waals surface area contributed by atoms with E-state index in [0.29, 0.717) is 31.6 Å². The second-order valence-electron chi connectivity index (χ2n) is 7.23. The molecule has 4 heterocycles. The van der Waals surface area contributed by atoms with Gasteiger partial charge in [0.1, 0.15) is 0 Å². The van der Waals surface area contributed by atoms with Gasteiger partial charge in [0.15, 0.2) is 5.69 Å². The number of fused-ring (bicyclic) bond motifs is 1. The van der Waals surface area contributed by atoms with Crippen molar-refractivity contribution in [2.75, 3.05) is 6.54 Å². The van der Waals surface area contributed by atoms with E-state index in [1.165, 1.54) is 0 Å². The molecule has 3 aromatic heterocycles. The summed E-state index contributed by atoms with van der Waals surface area (Å²) in [5.41, 5.74) is 2.51. The van der Waals surface area contributed by atoms with Crippen LogP contribution in [0.4, 0.5) is 0 Å². The molecule has 0 unspecified atom stereocenters. The molecule has 3 aromatic rings. The summed E-state index contributed by atoms with van der Waals surface area (Å²) in [6, 6.07) is 5.58.